The van der Waals surface area contributed by atoms with Gasteiger partial charge in [-0.2, -0.15) is 0 Å². The van der Waals surface area contributed by atoms with Crippen LogP contribution < -0.4 is 10.1 Å². The first-order valence-corrected chi connectivity index (χ1v) is 7.71. The second-order valence-corrected chi connectivity index (χ2v) is 5.46. The molecule has 0 heterocycles. The normalized spacial score (nSPS) is 11.6. The topological polar surface area (TPSA) is 81.5 Å². The first-order chi connectivity index (χ1) is 11.4. The molecule has 0 aliphatic heterocycles. The van der Waals surface area contributed by atoms with E-state index in [1.54, 1.807) is 6.92 Å². The Hall–Kier alpha value is -2.89. The van der Waals surface area contributed by atoms with Gasteiger partial charge in [0.05, 0.1) is 17.6 Å². The fourth-order valence-electron chi connectivity index (χ4n) is 2.38. The molecule has 1 N–H and O–H groups in total. The van der Waals surface area contributed by atoms with Crippen LogP contribution in [-0.2, 0) is 0 Å². The standard InChI is InChI=1S/C18H20N2O4/c1-4-24-16-8-5-14(6-9-16)13(3)19-18(21)15-7-10-17(20(22)23)12(2)11-15/h5-11,13H,4H2,1-3H3,(H,19,21). The molecule has 126 valence electrons. The Morgan fingerprint density at radius 3 is 2.46 bits per heavy atom. The average Bonchev–Trinajstić information content (AvgIpc) is 2.55. The lowest BCUT2D eigenvalue weighted by molar-refractivity contribution is -0.385. The minimum Gasteiger partial charge on any atom is -0.494 e. The zero-order valence-electron chi connectivity index (χ0n) is 13.9. The van der Waals surface area contributed by atoms with Crippen LogP contribution in [0.15, 0.2) is 42.5 Å². The molecule has 0 spiro atoms. The maximum Gasteiger partial charge on any atom is 0.272 e. The highest BCUT2D eigenvalue weighted by molar-refractivity contribution is 5.95. The summed E-state index contributed by atoms with van der Waals surface area (Å²) in [6, 6.07) is 11.7. The Labute approximate surface area is 140 Å². The van der Waals surface area contributed by atoms with Gasteiger partial charge in [0, 0.05) is 17.2 Å². The quantitative estimate of drug-likeness (QED) is 0.646. The van der Waals surface area contributed by atoms with Gasteiger partial charge in [-0.15, -0.1) is 0 Å². The third-order valence-corrected chi connectivity index (χ3v) is 3.69. The van der Waals surface area contributed by atoms with Crippen LogP contribution in [0.5, 0.6) is 5.75 Å². The molecule has 0 bridgehead atoms. The van der Waals surface area contributed by atoms with E-state index in [1.807, 2.05) is 38.1 Å². The fourth-order valence-corrected chi connectivity index (χ4v) is 2.38. The van der Waals surface area contributed by atoms with Gasteiger partial charge in [-0.25, -0.2) is 0 Å². The summed E-state index contributed by atoms with van der Waals surface area (Å²) >= 11 is 0. The van der Waals surface area contributed by atoms with Crippen molar-refractivity contribution in [1.29, 1.82) is 0 Å². The molecule has 1 atom stereocenters. The Bertz CT molecular complexity index is 741. The van der Waals surface area contributed by atoms with Crippen LogP contribution in [0.4, 0.5) is 5.69 Å². The molecule has 0 aromatic heterocycles. The molecule has 2 aromatic carbocycles. The maximum atomic E-state index is 12.3. The van der Waals surface area contributed by atoms with Crippen LogP contribution in [0, 0.1) is 17.0 Å². The highest BCUT2D eigenvalue weighted by Gasteiger charge is 2.16. The zero-order chi connectivity index (χ0) is 17.7. The van der Waals surface area contributed by atoms with Gasteiger partial charge in [0.15, 0.2) is 0 Å². The lowest BCUT2D eigenvalue weighted by atomic mass is 10.1. The van der Waals surface area contributed by atoms with Gasteiger partial charge in [0.2, 0.25) is 0 Å². The number of rotatable bonds is 6. The predicted molar refractivity (Wildman–Crippen MR) is 91.3 cm³/mol. The second kappa shape index (κ2) is 7.59. The van der Waals surface area contributed by atoms with Crippen molar-refractivity contribution in [3.8, 4) is 5.75 Å². The van der Waals surface area contributed by atoms with E-state index in [0.717, 1.165) is 11.3 Å². The van der Waals surface area contributed by atoms with Gasteiger partial charge < -0.3 is 10.1 Å². The molecule has 0 saturated heterocycles. The molecule has 0 aliphatic rings. The minimum absolute atomic E-state index is 0.00566. The van der Waals surface area contributed by atoms with Crippen molar-refractivity contribution in [2.24, 2.45) is 0 Å². The lowest BCUT2D eigenvalue weighted by Crippen LogP contribution is -2.26. The van der Waals surface area contributed by atoms with E-state index in [-0.39, 0.29) is 17.6 Å². The minimum atomic E-state index is -0.459. The molecule has 2 aromatic rings. The number of nitro groups is 1. The van der Waals surface area contributed by atoms with Crippen molar-refractivity contribution in [1.82, 2.24) is 5.32 Å². The number of carbonyl (C=O) groups is 1. The van der Waals surface area contributed by atoms with Gasteiger partial charge >= 0.3 is 0 Å². The summed E-state index contributed by atoms with van der Waals surface area (Å²) in [6.45, 7) is 6.02. The molecule has 1 unspecified atom stereocenters. The van der Waals surface area contributed by atoms with E-state index in [1.165, 1.54) is 18.2 Å². The van der Waals surface area contributed by atoms with Crippen LogP contribution in [0.1, 0.15) is 41.4 Å². The van der Waals surface area contributed by atoms with Crippen LogP contribution >= 0.6 is 0 Å². The Kier molecular flexibility index (Phi) is 5.52. The zero-order valence-corrected chi connectivity index (χ0v) is 13.9. The number of ether oxygens (including phenoxy) is 1. The van der Waals surface area contributed by atoms with E-state index in [4.69, 9.17) is 4.74 Å². The number of amides is 1. The molecule has 0 aliphatic carbocycles. The summed E-state index contributed by atoms with van der Waals surface area (Å²) < 4.78 is 5.39. The van der Waals surface area contributed by atoms with E-state index in [9.17, 15) is 14.9 Å². The van der Waals surface area contributed by atoms with E-state index >= 15 is 0 Å². The molecule has 24 heavy (non-hydrogen) atoms. The predicted octanol–water partition coefficient (Wildman–Crippen LogP) is 3.79. The summed E-state index contributed by atoms with van der Waals surface area (Å²) in [6.07, 6.45) is 0. The van der Waals surface area contributed by atoms with Crippen LogP contribution in [0.3, 0.4) is 0 Å². The van der Waals surface area contributed by atoms with Crippen molar-refractivity contribution < 1.29 is 14.5 Å². The van der Waals surface area contributed by atoms with Crippen molar-refractivity contribution in [2.75, 3.05) is 6.61 Å². The summed E-state index contributed by atoms with van der Waals surface area (Å²) in [4.78, 5) is 22.7. The van der Waals surface area contributed by atoms with Gasteiger partial charge in [0.1, 0.15) is 5.75 Å². The highest BCUT2D eigenvalue weighted by atomic mass is 16.6. The Balaban J connectivity index is 2.08. The summed E-state index contributed by atoms with van der Waals surface area (Å²) in [5.74, 6) is 0.514. The molecule has 1 amide bonds. The van der Waals surface area contributed by atoms with Crippen molar-refractivity contribution in [2.45, 2.75) is 26.8 Å². The third-order valence-electron chi connectivity index (χ3n) is 3.69. The summed E-state index contributed by atoms with van der Waals surface area (Å²) in [7, 11) is 0. The number of carbonyl (C=O) groups excluding carboxylic acids is 1. The fraction of sp³-hybridized carbons (Fsp3) is 0.278. The Morgan fingerprint density at radius 2 is 1.92 bits per heavy atom. The monoisotopic (exact) mass is 328 g/mol. The van der Waals surface area contributed by atoms with Crippen LogP contribution in [0.25, 0.3) is 0 Å². The molecular weight excluding hydrogens is 308 g/mol. The molecule has 0 fully saturated rings. The summed E-state index contributed by atoms with van der Waals surface area (Å²) in [5, 5.41) is 13.7. The molecule has 0 saturated carbocycles. The molecular formula is C18H20N2O4. The van der Waals surface area contributed by atoms with Crippen molar-refractivity contribution in [3.05, 3.63) is 69.3 Å². The molecule has 6 nitrogen and oxygen atoms in total. The van der Waals surface area contributed by atoms with Gasteiger partial charge in [-0.3, -0.25) is 14.9 Å². The van der Waals surface area contributed by atoms with Crippen LogP contribution in [0.2, 0.25) is 0 Å². The maximum absolute atomic E-state index is 12.3. The molecule has 6 heteroatoms. The average molecular weight is 328 g/mol. The van der Waals surface area contributed by atoms with Gasteiger partial charge in [-0.05, 0) is 50.6 Å². The number of nitro benzene ring substituents is 1. The summed E-state index contributed by atoms with van der Waals surface area (Å²) in [5.41, 5.74) is 1.81. The lowest BCUT2D eigenvalue weighted by Gasteiger charge is -2.15. The smallest absolute Gasteiger partial charge is 0.272 e. The third kappa shape index (κ3) is 4.10. The second-order valence-electron chi connectivity index (χ2n) is 5.46. The van der Waals surface area contributed by atoms with Crippen LogP contribution in [-0.4, -0.2) is 17.4 Å². The first-order valence-electron chi connectivity index (χ1n) is 7.71. The number of hydrogen-bond acceptors (Lipinski definition) is 4. The number of benzene rings is 2. The molecule has 2 rings (SSSR count). The largest absolute Gasteiger partial charge is 0.494 e. The number of aryl methyl sites for hydroxylation is 1. The molecule has 0 radical (unpaired) electrons. The van der Waals surface area contributed by atoms with E-state index in [2.05, 4.69) is 5.32 Å². The number of hydrogen-bond donors (Lipinski definition) is 1. The Morgan fingerprint density at radius 1 is 1.25 bits per heavy atom. The van der Waals surface area contributed by atoms with Crippen molar-refractivity contribution in [3.63, 3.8) is 0 Å². The number of nitrogens with one attached hydrogen (secondary N) is 1. The van der Waals surface area contributed by atoms with Gasteiger partial charge in [-0.1, -0.05) is 12.1 Å². The van der Waals surface area contributed by atoms with Gasteiger partial charge in [0.25, 0.3) is 11.6 Å². The number of nitrogens with zero attached hydrogens (tertiary/aromatic N) is 1. The highest BCUT2D eigenvalue weighted by Crippen LogP contribution is 2.21. The van der Waals surface area contributed by atoms with Crippen molar-refractivity contribution >= 4 is 11.6 Å². The SMILES string of the molecule is CCOc1ccc(C(C)NC(=O)c2ccc([N+](=O)[O-])c(C)c2)cc1. The van der Waals surface area contributed by atoms with E-state index < -0.39 is 4.92 Å². The first kappa shape index (κ1) is 17.5. The van der Waals surface area contributed by atoms with E-state index in [0.29, 0.717) is 17.7 Å².